The minimum atomic E-state index is -4.71. The molecule has 2 aromatic rings. The molecule has 0 saturated heterocycles. The molecule has 0 aliphatic carbocycles. The van der Waals surface area contributed by atoms with Gasteiger partial charge in [-0.15, -0.1) is 0 Å². The second kappa shape index (κ2) is 11.9. The SMILES string of the molecule is CCc1cc(C(CC)(CC)CCc2ccc(CO)c(CO)c2)ccc1OCC(O)C(F)(F)F. The number of benzene rings is 2. The van der Waals surface area contributed by atoms with Crippen molar-refractivity contribution in [1.82, 2.24) is 0 Å². The number of aliphatic hydroxyl groups is 3. The summed E-state index contributed by atoms with van der Waals surface area (Å²) in [6.07, 6.45) is -3.21. The van der Waals surface area contributed by atoms with Crippen LogP contribution in [0.5, 0.6) is 5.75 Å². The lowest BCUT2D eigenvalue weighted by Crippen LogP contribution is -2.34. The molecule has 0 aliphatic heterocycles. The first-order valence-electron chi connectivity index (χ1n) is 11.5. The first kappa shape index (κ1) is 27.2. The summed E-state index contributed by atoms with van der Waals surface area (Å²) < 4.78 is 43.1. The lowest BCUT2D eigenvalue weighted by Gasteiger charge is -2.33. The van der Waals surface area contributed by atoms with E-state index in [-0.39, 0.29) is 18.6 Å². The Morgan fingerprint density at radius 2 is 1.55 bits per heavy atom. The van der Waals surface area contributed by atoms with Gasteiger partial charge in [-0.3, -0.25) is 0 Å². The van der Waals surface area contributed by atoms with Crippen molar-refractivity contribution < 1.29 is 33.2 Å². The summed E-state index contributed by atoms with van der Waals surface area (Å²) in [6, 6.07) is 11.4. The summed E-state index contributed by atoms with van der Waals surface area (Å²) in [4.78, 5) is 0. The Bertz CT molecular complexity index is 892. The number of rotatable bonds is 12. The van der Waals surface area contributed by atoms with Gasteiger partial charge in [-0.05, 0) is 71.4 Å². The molecule has 7 heteroatoms. The predicted octanol–water partition coefficient (Wildman–Crippen LogP) is 5.23. The molecule has 0 saturated carbocycles. The molecule has 0 heterocycles. The average Bonchev–Trinajstić information content (AvgIpc) is 2.82. The fourth-order valence-electron chi connectivity index (χ4n) is 4.27. The predicted molar refractivity (Wildman–Crippen MR) is 122 cm³/mol. The Morgan fingerprint density at radius 1 is 0.879 bits per heavy atom. The van der Waals surface area contributed by atoms with Crippen molar-refractivity contribution in [3.8, 4) is 5.75 Å². The van der Waals surface area contributed by atoms with Crippen LogP contribution in [-0.2, 0) is 31.5 Å². The van der Waals surface area contributed by atoms with Crippen molar-refractivity contribution in [1.29, 1.82) is 0 Å². The second-order valence-electron chi connectivity index (χ2n) is 8.45. The van der Waals surface area contributed by atoms with Gasteiger partial charge in [0.15, 0.2) is 6.10 Å². The Labute approximate surface area is 194 Å². The number of hydrogen-bond donors (Lipinski definition) is 3. The Kier molecular flexibility index (Phi) is 9.76. The number of alkyl halides is 3. The lowest BCUT2D eigenvalue weighted by atomic mass is 9.71. The normalized spacial score (nSPS) is 13.2. The molecule has 4 nitrogen and oxygen atoms in total. The molecule has 1 unspecified atom stereocenters. The molecule has 33 heavy (non-hydrogen) atoms. The third-order valence-electron chi connectivity index (χ3n) is 6.69. The minimum Gasteiger partial charge on any atom is -0.490 e. The molecule has 1 atom stereocenters. The van der Waals surface area contributed by atoms with Crippen molar-refractivity contribution in [3.63, 3.8) is 0 Å². The lowest BCUT2D eigenvalue weighted by molar-refractivity contribution is -0.210. The Morgan fingerprint density at radius 3 is 2.09 bits per heavy atom. The highest BCUT2D eigenvalue weighted by Gasteiger charge is 2.39. The maximum absolute atomic E-state index is 12.6. The smallest absolute Gasteiger partial charge is 0.417 e. The van der Waals surface area contributed by atoms with Crippen LogP contribution in [0.15, 0.2) is 36.4 Å². The molecular weight excluding hydrogens is 433 g/mol. The summed E-state index contributed by atoms with van der Waals surface area (Å²) in [5, 5.41) is 28.2. The summed E-state index contributed by atoms with van der Waals surface area (Å²) in [6.45, 7) is 5.12. The third-order valence-corrected chi connectivity index (χ3v) is 6.69. The van der Waals surface area contributed by atoms with Gasteiger partial charge in [0.2, 0.25) is 0 Å². The van der Waals surface area contributed by atoms with Crippen LogP contribution in [0.3, 0.4) is 0 Å². The number of aliphatic hydroxyl groups excluding tert-OH is 3. The van der Waals surface area contributed by atoms with Crippen LogP contribution in [0.25, 0.3) is 0 Å². The molecule has 2 rings (SSSR count). The molecule has 184 valence electrons. The van der Waals surface area contributed by atoms with Crippen molar-refractivity contribution >= 4 is 0 Å². The van der Waals surface area contributed by atoms with Crippen LogP contribution in [0.2, 0.25) is 0 Å². The Balaban J connectivity index is 2.24. The molecule has 0 bridgehead atoms. The van der Waals surface area contributed by atoms with Crippen LogP contribution in [0.4, 0.5) is 13.2 Å². The summed E-state index contributed by atoms with van der Waals surface area (Å²) in [5.74, 6) is 0.359. The van der Waals surface area contributed by atoms with E-state index in [0.717, 1.165) is 53.5 Å². The highest BCUT2D eigenvalue weighted by Crippen LogP contribution is 2.39. The number of halogens is 3. The molecular formula is C26H35F3O4. The van der Waals surface area contributed by atoms with Gasteiger partial charge in [-0.25, -0.2) is 0 Å². The quantitative estimate of drug-likeness (QED) is 0.399. The molecule has 0 aliphatic rings. The molecule has 0 aromatic heterocycles. The van der Waals surface area contributed by atoms with E-state index in [0.29, 0.717) is 12.2 Å². The first-order valence-corrected chi connectivity index (χ1v) is 11.5. The fraction of sp³-hybridized carbons (Fsp3) is 0.538. The van der Waals surface area contributed by atoms with Gasteiger partial charge < -0.3 is 20.1 Å². The van der Waals surface area contributed by atoms with E-state index in [4.69, 9.17) is 4.74 Å². The fourth-order valence-corrected chi connectivity index (χ4v) is 4.27. The number of aryl methyl sites for hydroxylation is 2. The van der Waals surface area contributed by atoms with Crippen LogP contribution < -0.4 is 4.74 Å². The van der Waals surface area contributed by atoms with Gasteiger partial charge in [-0.1, -0.05) is 51.1 Å². The summed E-state index contributed by atoms with van der Waals surface area (Å²) in [7, 11) is 0. The zero-order chi connectivity index (χ0) is 24.6. The standard InChI is InChI=1S/C26H35F3O4/c1-4-19-14-22(9-10-23(19)33-17-24(32)26(27,28)29)25(5-2,6-3)12-11-18-7-8-20(15-30)21(13-18)16-31/h7-10,13-14,24,30-32H,4-6,11-12,15-17H2,1-3H3. The van der Waals surface area contributed by atoms with E-state index in [1.807, 2.05) is 37.3 Å². The molecule has 0 amide bonds. The van der Waals surface area contributed by atoms with Gasteiger partial charge in [-0.2, -0.15) is 13.2 Å². The molecule has 0 radical (unpaired) electrons. The van der Waals surface area contributed by atoms with E-state index in [2.05, 4.69) is 13.8 Å². The summed E-state index contributed by atoms with van der Waals surface area (Å²) in [5.41, 5.74) is 4.33. The summed E-state index contributed by atoms with van der Waals surface area (Å²) >= 11 is 0. The highest BCUT2D eigenvalue weighted by molar-refractivity contribution is 5.41. The zero-order valence-corrected chi connectivity index (χ0v) is 19.6. The molecule has 0 fully saturated rings. The number of hydrogen-bond acceptors (Lipinski definition) is 4. The molecule has 2 aromatic carbocycles. The van der Waals surface area contributed by atoms with E-state index in [1.165, 1.54) is 0 Å². The Hall–Kier alpha value is -2.09. The largest absolute Gasteiger partial charge is 0.490 e. The van der Waals surface area contributed by atoms with Gasteiger partial charge >= 0.3 is 6.18 Å². The van der Waals surface area contributed by atoms with Crippen LogP contribution in [0.1, 0.15) is 67.9 Å². The zero-order valence-electron chi connectivity index (χ0n) is 19.6. The van der Waals surface area contributed by atoms with Crippen LogP contribution in [0, 0.1) is 0 Å². The van der Waals surface area contributed by atoms with E-state index < -0.39 is 18.9 Å². The minimum absolute atomic E-state index is 0.113. The highest BCUT2D eigenvalue weighted by atomic mass is 19.4. The molecule has 3 N–H and O–H groups in total. The van der Waals surface area contributed by atoms with Crippen molar-refractivity contribution in [3.05, 3.63) is 64.2 Å². The van der Waals surface area contributed by atoms with Gasteiger partial charge in [0.1, 0.15) is 12.4 Å². The van der Waals surface area contributed by atoms with E-state index >= 15 is 0 Å². The third kappa shape index (κ3) is 6.71. The first-order chi connectivity index (χ1) is 15.6. The van der Waals surface area contributed by atoms with Crippen molar-refractivity contribution in [2.75, 3.05) is 6.61 Å². The van der Waals surface area contributed by atoms with E-state index in [1.54, 1.807) is 6.07 Å². The van der Waals surface area contributed by atoms with Crippen molar-refractivity contribution in [2.45, 2.75) is 83.8 Å². The van der Waals surface area contributed by atoms with E-state index in [9.17, 15) is 28.5 Å². The van der Waals surface area contributed by atoms with Crippen LogP contribution >= 0.6 is 0 Å². The maximum Gasteiger partial charge on any atom is 0.417 e. The van der Waals surface area contributed by atoms with Crippen LogP contribution in [-0.4, -0.2) is 34.2 Å². The van der Waals surface area contributed by atoms with Crippen molar-refractivity contribution in [2.24, 2.45) is 0 Å². The van der Waals surface area contributed by atoms with Gasteiger partial charge in [0, 0.05) is 0 Å². The second-order valence-corrected chi connectivity index (χ2v) is 8.45. The average molecular weight is 469 g/mol. The van der Waals surface area contributed by atoms with Gasteiger partial charge in [0.05, 0.1) is 13.2 Å². The van der Waals surface area contributed by atoms with Gasteiger partial charge in [0.25, 0.3) is 0 Å². The topological polar surface area (TPSA) is 69.9 Å². The molecule has 0 spiro atoms. The monoisotopic (exact) mass is 468 g/mol. The maximum atomic E-state index is 12.6. The number of ether oxygens (including phenoxy) is 1.